The summed E-state index contributed by atoms with van der Waals surface area (Å²) in [5.41, 5.74) is 5.00. The Morgan fingerprint density at radius 3 is 2.59 bits per heavy atom. The van der Waals surface area contributed by atoms with E-state index in [0.29, 0.717) is 16.8 Å². The number of halogens is 1. The molecule has 10 heteroatoms. The number of nitrogens with zero attached hydrogens (tertiary/aromatic N) is 2. The highest BCUT2D eigenvalue weighted by molar-refractivity contribution is 9.10. The van der Waals surface area contributed by atoms with Gasteiger partial charge in [-0.1, -0.05) is 15.9 Å². The van der Waals surface area contributed by atoms with E-state index in [1.807, 2.05) is 31.4 Å². The summed E-state index contributed by atoms with van der Waals surface area (Å²) in [6.45, 7) is 7.74. The Balaban J connectivity index is 1.59. The van der Waals surface area contributed by atoms with Gasteiger partial charge in [-0.15, -0.1) is 11.3 Å². The van der Waals surface area contributed by atoms with Gasteiger partial charge in [0, 0.05) is 20.7 Å². The largest absolute Gasteiger partial charge is 0.462 e. The molecule has 5 rings (SSSR count). The van der Waals surface area contributed by atoms with Crippen LogP contribution in [0.4, 0.5) is 10.5 Å². The van der Waals surface area contributed by atoms with Crippen LogP contribution >= 0.6 is 27.3 Å². The van der Waals surface area contributed by atoms with Crippen LogP contribution in [0.25, 0.3) is 11.1 Å². The molecule has 2 aromatic heterocycles. The lowest BCUT2D eigenvalue weighted by atomic mass is 9.95. The lowest BCUT2D eigenvalue weighted by molar-refractivity contribution is -0.122. The topological polar surface area (TPSA) is 97.7 Å². The number of anilines is 1. The molecule has 0 unspecified atom stereocenters. The lowest BCUT2D eigenvalue weighted by Crippen LogP contribution is -2.54. The van der Waals surface area contributed by atoms with E-state index in [-0.39, 0.29) is 18.1 Å². The van der Waals surface area contributed by atoms with Crippen LogP contribution in [0, 0.1) is 20.8 Å². The van der Waals surface area contributed by atoms with Gasteiger partial charge in [0.05, 0.1) is 17.9 Å². The molecule has 3 heterocycles. The minimum atomic E-state index is -0.794. The summed E-state index contributed by atoms with van der Waals surface area (Å²) in [5.74, 6) is -1.78. The normalized spacial score (nSPS) is 16.5. The first-order valence-corrected chi connectivity index (χ1v) is 14.4. The van der Waals surface area contributed by atoms with Gasteiger partial charge >= 0.3 is 12.0 Å². The van der Waals surface area contributed by atoms with E-state index in [2.05, 4.69) is 21.2 Å². The maximum Gasteiger partial charge on any atom is 0.341 e. The molecule has 39 heavy (non-hydrogen) atoms. The van der Waals surface area contributed by atoms with E-state index < -0.39 is 17.8 Å². The molecule has 1 aromatic carbocycles. The molecule has 0 bridgehead atoms. The Kier molecular flexibility index (Phi) is 7.35. The molecule has 4 amide bonds. The van der Waals surface area contributed by atoms with Crippen molar-refractivity contribution in [2.75, 3.05) is 11.5 Å². The average Bonchev–Trinajstić information content (AvgIpc) is 3.39. The Morgan fingerprint density at radius 1 is 1.13 bits per heavy atom. The Bertz CT molecular complexity index is 1580. The first kappa shape index (κ1) is 27.1. The number of carbonyl (C=O) groups is 4. The number of rotatable bonds is 5. The predicted octanol–water partition coefficient (Wildman–Crippen LogP) is 5.95. The van der Waals surface area contributed by atoms with E-state index in [1.54, 1.807) is 36.5 Å². The Morgan fingerprint density at radius 2 is 1.87 bits per heavy atom. The van der Waals surface area contributed by atoms with Gasteiger partial charge in [-0.2, -0.15) is 0 Å². The van der Waals surface area contributed by atoms with Gasteiger partial charge in [-0.3, -0.25) is 14.9 Å². The third-order valence-corrected chi connectivity index (χ3v) is 9.27. The molecule has 0 radical (unpaired) electrons. The number of amides is 4. The van der Waals surface area contributed by atoms with Gasteiger partial charge < -0.3 is 9.30 Å². The van der Waals surface area contributed by atoms with Crippen LogP contribution < -0.4 is 10.2 Å². The van der Waals surface area contributed by atoms with Crippen molar-refractivity contribution in [2.24, 2.45) is 0 Å². The summed E-state index contributed by atoms with van der Waals surface area (Å²) >= 11 is 5.02. The third-order valence-electron chi connectivity index (χ3n) is 7.11. The average molecular weight is 611 g/mol. The summed E-state index contributed by atoms with van der Waals surface area (Å²) in [5, 5.41) is 3.08. The summed E-state index contributed by atoms with van der Waals surface area (Å²) < 4.78 is 8.27. The molecule has 1 aliphatic heterocycles. The SMILES string of the molecule is CCOC(=O)c1c(-n2c(C)cc(/C=C3\C(=O)NC(=O)N(c4ccc(Br)c(C)c4)C3=O)c2C)sc2c1CCCC2. The number of fused-ring (bicyclic) bond motifs is 1. The summed E-state index contributed by atoms with van der Waals surface area (Å²) in [4.78, 5) is 54.2. The van der Waals surface area contributed by atoms with Gasteiger partial charge in [0.2, 0.25) is 0 Å². The standard InChI is InChI=1S/C29H28BrN3O5S/c1-5-38-28(36)24-20-8-6-7-9-23(20)39-27(24)32-16(3)13-18(17(32)4)14-21-25(34)31-29(37)33(26(21)35)19-10-11-22(30)15(2)12-19/h10-14H,5-9H2,1-4H3,(H,31,34,37)/b21-14+. The van der Waals surface area contributed by atoms with Gasteiger partial charge in [0.1, 0.15) is 10.6 Å². The number of aromatic nitrogens is 1. The van der Waals surface area contributed by atoms with Crippen LogP contribution in [-0.4, -0.2) is 35.0 Å². The van der Waals surface area contributed by atoms with Crippen molar-refractivity contribution in [3.63, 3.8) is 0 Å². The van der Waals surface area contributed by atoms with Gasteiger partial charge in [0.15, 0.2) is 0 Å². The molecular formula is C29H28BrN3O5S. The van der Waals surface area contributed by atoms with Crippen LogP contribution in [0.1, 0.15) is 63.1 Å². The molecule has 1 aliphatic carbocycles. The zero-order chi connectivity index (χ0) is 28.0. The van der Waals surface area contributed by atoms with Crippen LogP contribution in [0.3, 0.4) is 0 Å². The predicted molar refractivity (Wildman–Crippen MR) is 154 cm³/mol. The number of barbiturate groups is 1. The monoisotopic (exact) mass is 609 g/mol. The first-order chi connectivity index (χ1) is 18.6. The van der Waals surface area contributed by atoms with E-state index in [4.69, 9.17) is 4.74 Å². The number of thiophene rings is 1. The number of esters is 1. The fourth-order valence-electron chi connectivity index (χ4n) is 5.18. The van der Waals surface area contributed by atoms with E-state index in [1.165, 1.54) is 11.0 Å². The number of ether oxygens (including phenoxy) is 1. The minimum Gasteiger partial charge on any atom is -0.462 e. The van der Waals surface area contributed by atoms with Gasteiger partial charge in [0.25, 0.3) is 11.8 Å². The number of imide groups is 2. The highest BCUT2D eigenvalue weighted by Crippen LogP contribution is 2.39. The molecule has 3 aromatic rings. The maximum atomic E-state index is 13.5. The number of urea groups is 1. The fourth-order valence-corrected chi connectivity index (χ4v) is 6.92. The second kappa shape index (κ2) is 10.6. The molecule has 8 nitrogen and oxygen atoms in total. The van der Waals surface area contributed by atoms with E-state index >= 15 is 0 Å². The maximum absolute atomic E-state index is 13.5. The summed E-state index contributed by atoms with van der Waals surface area (Å²) in [6.07, 6.45) is 5.39. The van der Waals surface area contributed by atoms with Gasteiger partial charge in [-0.05, 0) is 100 Å². The van der Waals surface area contributed by atoms with E-state index in [0.717, 1.165) is 62.6 Å². The number of aryl methyl sites for hydroxylation is 3. The quantitative estimate of drug-likeness (QED) is 0.219. The number of carbonyl (C=O) groups excluding carboxylic acids is 4. The highest BCUT2D eigenvalue weighted by Gasteiger charge is 2.37. The van der Waals surface area contributed by atoms with E-state index in [9.17, 15) is 19.2 Å². The highest BCUT2D eigenvalue weighted by atomic mass is 79.9. The Labute approximate surface area is 238 Å². The first-order valence-electron chi connectivity index (χ1n) is 12.8. The Hall–Kier alpha value is -3.50. The fraction of sp³-hybridized carbons (Fsp3) is 0.310. The van der Waals surface area contributed by atoms with Crippen molar-refractivity contribution < 1.29 is 23.9 Å². The zero-order valence-electron chi connectivity index (χ0n) is 22.1. The van der Waals surface area contributed by atoms with Crippen molar-refractivity contribution in [3.05, 3.63) is 72.8 Å². The molecular weight excluding hydrogens is 582 g/mol. The zero-order valence-corrected chi connectivity index (χ0v) is 24.5. The van der Waals surface area contributed by atoms with Crippen LogP contribution in [0.15, 0.2) is 34.3 Å². The van der Waals surface area contributed by atoms with Crippen molar-refractivity contribution in [3.8, 4) is 5.00 Å². The second-order valence-electron chi connectivity index (χ2n) is 9.66. The molecule has 1 fully saturated rings. The summed E-state index contributed by atoms with van der Waals surface area (Å²) in [6, 6.07) is 6.18. The van der Waals surface area contributed by atoms with Crippen LogP contribution in [-0.2, 0) is 27.2 Å². The molecule has 0 saturated carbocycles. The van der Waals surface area contributed by atoms with Crippen molar-refractivity contribution in [1.29, 1.82) is 0 Å². The molecule has 202 valence electrons. The minimum absolute atomic E-state index is 0.147. The number of benzene rings is 1. The number of nitrogens with one attached hydrogen (secondary N) is 1. The molecule has 0 atom stereocenters. The van der Waals surface area contributed by atoms with Crippen molar-refractivity contribution in [2.45, 2.75) is 53.4 Å². The molecule has 1 N–H and O–H groups in total. The van der Waals surface area contributed by atoms with Crippen molar-refractivity contribution in [1.82, 2.24) is 9.88 Å². The number of hydrogen-bond acceptors (Lipinski definition) is 6. The lowest BCUT2D eigenvalue weighted by Gasteiger charge is -2.26. The summed E-state index contributed by atoms with van der Waals surface area (Å²) in [7, 11) is 0. The smallest absolute Gasteiger partial charge is 0.341 e. The third kappa shape index (κ3) is 4.76. The van der Waals surface area contributed by atoms with Gasteiger partial charge in [-0.25, -0.2) is 14.5 Å². The van der Waals surface area contributed by atoms with Crippen LogP contribution in [0.2, 0.25) is 0 Å². The molecule has 1 saturated heterocycles. The molecule has 2 aliphatic rings. The second-order valence-corrected chi connectivity index (χ2v) is 11.6. The molecule has 0 spiro atoms. The van der Waals surface area contributed by atoms with Crippen molar-refractivity contribution >= 4 is 62.8 Å². The van der Waals surface area contributed by atoms with Crippen LogP contribution in [0.5, 0.6) is 0 Å². The number of hydrogen-bond donors (Lipinski definition) is 1.